The standard InChI is InChI=1S/C15H14ClF3N4O2/c1-8(23-6-5-12(22-23)15(17,18)19)13(24)21-11-7-9(16)3-4-10(11)14(25)20-2/h3-8H,1-2H3,(H,20,25)(H,21,24). The number of aromatic nitrogens is 2. The first-order valence-corrected chi connectivity index (χ1v) is 7.46. The third-order valence-corrected chi connectivity index (χ3v) is 3.62. The zero-order valence-electron chi connectivity index (χ0n) is 13.2. The van der Waals surface area contributed by atoms with Crippen LogP contribution in [0.1, 0.15) is 29.0 Å². The zero-order chi connectivity index (χ0) is 18.8. The van der Waals surface area contributed by atoms with Gasteiger partial charge < -0.3 is 10.6 Å². The second kappa shape index (κ2) is 7.14. The average molecular weight is 375 g/mol. The SMILES string of the molecule is CNC(=O)c1ccc(Cl)cc1NC(=O)C(C)n1ccc(C(F)(F)F)n1. The molecule has 0 radical (unpaired) electrons. The molecule has 0 saturated heterocycles. The van der Waals surface area contributed by atoms with Crippen LogP contribution in [0.2, 0.25) is 5.02 Å². The van der Waals surface area contributed by atoms with Gasteiger partial charge in [-0.1, -0.05) is 11.6 Å². The molecular weight excluding hydrogens is 361 g/mol. The summed E-state index contributed by atoms with van der Waals surface area (Å²) in [5.41, 5.74) is -0.781. The highest BCUT2D eigenvalue weighted by atomic mass is 35.5. The van der Waals surface area contributed by atoms with Crippen molar-refractivity contribution >= 4 is 29.1 Å². The molecule has 1 aromatic heterocycles. The van der Waals surface area contributed by atoms with Crippen LogP contribution in [0.3, 0.4) is 0 Å². The number of benzene rings is 1. The molecule has 0 fully saturated rings. The number of carbonyl (C=O) groups is 2. The normalized spacial score (nSPS) is 12.6. The molecule has 2 amide bonds. The number of carbonyl (C=O) groups excluding carboxylic acids is 2. The summed E-state index contributed by atoms with van der Waals surface area (Å²) in [6, 6.07) is 4.03. The van der Waals surface area contributed by atoms with Gasteiger partial charge in [0.1, 0.15) is 6.04 Å². The maximum atomic E-state index is 12.6. The Bertz CT molecular complexity index is 804. The molecule has 1 unspecified atom stereocenters. The summed E-state index contributed by atoms with van der Waals surface area (Å²) in [4.78, 5) is 24.2. The van der Waals surface area contributed by atoms with Gasteiger partial charge in [0.25, 0.3) is 5.91 Å². The van der Waals surface area contributed by atoms with Crippen LogP contribution in [0.25, 0.3) is 0 Å². The van der Waals surface area contributed by atoms with E-state index in [1.807, 2.05) is 0 Å². The first kappa shape index (κ1) is 18.8. The lowest BCUT2D eigenvalue weighted by molar-refractivity contribution is -0.141. The number of halogens is 4. The number of rotatable bonds is 4. The molecule has 0 aliphatic heterocycles. The highest BCUT2D eigenvalue weighted by Crippen LogP contribution is 2.28. The van der Waals surface area contributed by atoms with Gasteiger partial charge in [0.15, 0.2) is 5.69 Å². The third kappa shape index (κ3) is 4.30. The van der Waals surface area contributed by atoms with Gasteiger partial charge in [0, 0.05) is 18.3 Å². The molecular formula is C15H14ClF3N4O2. The van der Waals surface area contributed by atoms with Crippen LogP contribution in [0.15, 0.2) is 30.5 Å². The van der Waals surface area contributed by atoms with Crippen molar-refractivity contribution in [3.05, 3.63) is 46.7 Å². The van der Waals surface area contributed by atoms with Crippen molar-refractivity contribution in [1.82, 2.24) is 15.1 Å². The number of nitrogens with zero attached hydrogens (tertiary/aromatic N) is 2. The maximum absolute atomic E-state index is 12.6. The lowest BCUT2D eigenvalue weighted by Crippen LogP contribution is -2.26. The van der Waals surface area contributed by atoms with E-state index >= 15 is 0 Å². The number of alkyl halides is 3. The largest absolute Gasteiger partial charge is 0.435 e. The van der Waals surface area contributed by atoms with Gasteiger partial charge >= 0.3 is 6.18 Å². The molecule has 0 spiro atoms. The van der Waals surface area contributed by atoms with Crippen molar-refractivity contribution < 1.29 is 22.8 Å². The molecule has 1 atom stereocenters. The van der Waals surface area contributed by atoms with Gasteiger partial charge in [0.2, 0.25) is 5.91 Å². The van der Waals surface area contributed by atoms with Crippen molar-refractivity contribution in [2.75, 3.05) is 12.4 Å². The molecule has 134 valence electrons. The summed E-state index contributed by atoms with van der Waals surface area (Å²) < 4.78 is 38.7. The van der Waals surface area contributed by atoms with E-state index in [4.69, 9.17) is 11.6 Å². The van der Waals surface area contributed by atoms with E-state index in [1.54, 1.807) is 0 Å². The van der Waals surface area contributed by atoms with Crippen LogP contribution in [0, 0.1) is 0 Å². The Balaban J connectivity index is 2.23. The van der Waals surface area contributed by atoms with E-state index in [-0.39, 0.29) is 16.3 Å². The Labute approximate surface area is 146 Å². The fourth-order valence-corrected chi connectivity index (χ4v) is 2.19. The van der Waals surface area contributed by atoms with Gasteiger partial charge in [-0.3, -0.25) is 14.3 Å². The number of anilines is 1. The predicted molar refractivity (Wildman–Crippen MR) is 85.4 cm³/mol. The average Bonchev–Trinajstić information content (AvgIpc) is 3.03. The van der Waals surface area contributed by atoms with Crippen molar-refractivity contribution in [3.8, 4) is 0 Å². The van der Waals surface area contributed by atoms with Crippen LogP contribution in [0.5, 0.6) is 0 Å². The van der Waals surface area contributed by atoms with Gasteiger partial charge in [-0.2, -0.15) is 18.3 Å². The fraction of sp³-hybridized carbons (Fsp3) is 0.267. The minimum absolute atomic E-state index is 0.145. The van der Waals surface area contributed by atoms with Crippen molar-refractivity contribution in [2.24, 2.45) is 0 Å². The Hall–Kier alpha value is -2.55. The minimum Gasteiger partial charge on any atom is -0.355 e. The molecule has 1 heterocycles. The molecule has 25 heavy (non-hydrogen) atoms. The molecule has 1 aromatic carbocycles. The van der Waals surface area contributed by atoms with Crippen LogP contribution in [-0.4, -0.2) is 28.6 Å². The molecule has 0 saturated carbocycles. The van der Waals surface area contributed by atoms with E-state index in [0.717, 1.165) is 16.9 Å². The molecule has 0 aliphatic carbocycles. The topological polar surface area (TPSA) is 76.0 Å². The van der Waals surface area contributed by atoms with E-state index in [9.17, 15) is 22.8 Å². The fourth-order valence-electron chi connectivity index (χ4n) is 2.01. The number of hydrogen-bond acceptors (Lipinski definition) is 3. The molecule has 0 aliphatic rings. The van der Waals surface area contributed by atoms with Gasteiger partial charge in [-0.15, -0.1) is 0 Å². The Morgan fingerprint density at radius 1 is 1.28 bits per heavy atom. The van der Waals surface area contributed by atoms with Crippen molar-refractivity contribution in [3.63, 3.8) is 0 Å². The van der Waals surface area contributed by atoms with Crippen molar-refractivity contribution in [2.45, 2.75) is 19.1 Å². The van der Waals surface area contributed by atoms with Gasteiger partial charge in [-0.05, 0) is 31.2 Å². The summed E-state index contributed by atoms with van der Waals surface area (Å²) in [6.45, 7) is 1.38. The highest BCUT2D eigenvalue weighted by molar-refractivity contribution is 6.31. The van der Waals surface area contributed by atoms with E-state index in [0.29, 0.717) is 0 Å². The molecule has 10 heteroatoms. The predicted octanol–water partition coefficient (Wildman–Crippen LogP) is 3.11. The quantitative estimate of drug-likeness (QED) is 0.863. The molecule has 2 rings (SSSR count). The minimum atomic E-state index is -4.60. The Kier molecular flexibility index (Phi) is 5.36. The van der Waals surface area contributed by atoms with Crippen molar-refractivity contribution in [1.29, 1.82) is 0 Å². The zero-order valence-corrected chi connectivity index (χ0v) is 13.9. The van der Waals surface area contributed by atoms with E-state index in [1.165, 1.54) is 32.2 Å². The van der Waals surface area contributed by atoms with Crippen LogP contribution < -0.4 is 10.6 Å². The monoisotopic (exact) mass is 374 g/mol. The van der Waals surface area contributed by atoms with E-state index in [2.05, 4.69) is 15.7 Å². The lowest BCUT2D eigenvalue weighted by Gasteiger charge is -2.15. The summed E-state index contributed by atoms with van der Waals surface area (Å²) >= 11 is 5.87. The maximum Gasteiger partial charge on any atom is 0.435 e. The summed E-state index contributed by atoms with van der Waals surface area (Å²) in [5.74, 6) is -1.10. The Morgan fingerprint density at radius 2 is 1.96 bits per heavy atom. The van der Waals surface area contributed by atoms with Crippen LogP contribution in [0.4, 0.5) is 18.9 Å². The summed E-state index contributed by atoms with van der Waals surface area (Å²) in [7, 11) is 1.42. The van der Waals surface area contributed by atoms with Gasteiger partial charge in [-0.25, -0.2) is 0 Å². The smallest absolute Gasteiger partial charge is 0.355 e. The molecule has 0 bridgehead atoms. The molecule has 2 N–H and O–H groups in total. The number of nitrogens with one attached hydrogen (secondary N) is 2. The molecule has 2 aromatic rings. The second-order valence-corrected chi connectivity index (χ2v) is 5.55. The summed E-state index contributed by atoms with van der Waals surface area (Å²) in [6.07, 6.45) is -3.54. The summed E-state index contributed by atoms with van der Waals surface area (Å²) in [5, 5.41) is 8.55. The van der Waals surface area contributed by atoms with Crippen LogP contribution in [-0.2, 0) is 11.0 Å². The first-order valence-electron chi connectivity index (χ1n) is 7.08. The lowest BCUT2D eigenvalue weighted by atomic mass is 10.1. The number of amides is 2. The third-order valence-electron chi connectivity index (χ3n) is 3.39. The Morgan fingerprint density at radius 3 is 2.52 bits per heavy atom. The van der Waals surface area contributed by atoms with Gasteiger partial charge in [0.05, 0.1) is 11.3 Å². The second-order valence-electron chi connectivity index (χ2n) is 5.11. The number of hydrogen-bond donors (Lipinski definition) is 2. The van der Waals surface area contributed by atoms with E-state index < -0.39 is 29.7 Å². The molecule has 6 nitrogen and oxygen atoms in total. The highest BCUT2D eigenvalue weighted by Gasteiger charge is 2.34. The van der Waals surface area contributed by atoms with Crippen LogP contribution >= 0.6 is 11.6 Å². The first-order chi connectivity index (χ1) is 11.6.